The maximum atomic E-state index is 12.3. The summed E-state index contributed by atoms with van der Waals surface area (Å²) in [4.78, 5) is 23.0. The Morgan fingerprint density at radius 3 is 2.81 bits per heavy atom. The number of piperidine rings is 1. The van der Waals surface area contributed by atoms with Gasteiger partial charge in [-0.25, -0.2) is 4.98 Å². The molecule has 0 bridgehead atoms. The molecular formula is C20H23N3O3. The van der Waals surface area contributed by atoms with Gasteiger partial charge in [0.1, 0.15) is 17.2 Å². The van der Waals surface area contributed by atoms with Gasteiger partial charge in [-0.05, 0) is 31.9 Å². The Kier molecular flexibility index (Phi) is 5.51. The van der Waals surface area contributed by atoms with E-state index < -0.39 is 0 Å². The van der Waals surface area contributed by atoms with Gasteiger partial charge in [0, 0.05) is 43.0 Å². The third-order valence-corrected chi connectivity index (χ3v) is 4.41. The molecule has 3 rings (SSSR count). The largest absolute Gasteiger partial charge is 0.497 e. The highest BCUT2D eigenvalue weighted by Crippen LogP contribution is 2.33. The molecule has 6 nitrogen and oxygen atoms in total. The Bertz CT molecular complexity index is 806. The van der Waals surface area contributed by atoms with E-state index in [1.54, 1.807) is 32.5 Å². The van der Waals surface area contributed by atoms with Crippen LogP contribution >= 0.6 is 0 Å². The normalized spacial score (nSPS) is 16.8. The molecular weight excluding hydrogens is 330 g/mol. The molecule has 6 heteroatoms. The second-order valence-electron chi connectivity index (χ2n) is 6.40. The second kappa shape index (κ2) is 7.99. The van der Waals surface area contributed by atoms with E-state index in [2.05, 4.69) is 16.5 Å². The van der Waals surface area contributed by atoms with E-state index in [9.17, 15) is 4.79 Å². The average Bonchev–Trinajstić information content (AvgIpc) is 2.68. The molecule has 2 aromatic rings. The number of nitrogens with zero attached hydrogens (tertiary/aromatic N) is 3. The first-order chi connectivity index (χ1) is 12.6. The van der Waals surface area contributed by atoms with Crippen molar-refractivity contribution in [1.29, 1.82) is 0 Å². The lowest BCUT2D eigenvalue weighted by molar-refractivity contribution is -0.128. The van der Waals surface area contributed by atoms with Crippen LogP contribution in [0.4, 0.5) is 0 Å². The number of carbonyl (C=O) groups is 1. The Hall–Kier alpha value is -2.89. The molecule has 1 aromatic carbocycles. The van der Waals surface area contributed by atoms with Gasteiger partial charge in [0.25, 0.3) is 0 Å². The average molecular weight is 353 g/mol. The Balaban J connectivity index is 1.82. The minimum atomic E-state index is -0.00569. The van der Waals surface area contributed by atoms with Crippen molar-refractivity contribution in [2.75, 3.05) is 20.2 Å². The highest BCUT2D eigenvalue weighted by atomic mass is 16.5. The van der Waals surface area contributed by atoms with Gasteiger partial charge in [-0.15, -0.1) is 0 Å². The van der Waals surface area contributed by atoms with Crippen molar-refractivity contribution in [3.63, 3.8) is 0 Å². The summed E-state index contributed by atoms with van der Waals surface area (Å²) in [5, 5.41) is 0. The fraction of sp³-hybridized carbons (Fsp3) is 0.350. The van der Waals surface area contributed by atoms with Gasteiger partial charge >= 0.3 is 0 Å². The first kappa shape index (κ1) is 17.9. The number of ether oxygens (including phenoxy) is 2. The monoisotopic (exact) mass is 353 g/mol. The van der Waals surface area contributed by atoms with Gasteiger partial charge in [-0.3, -0.25) is 9.78 Å². The number of benzene rings is 1. The second-order valence-corrected chi connectivity index (χ2v) is 6.40. The zero-order valence-electron chi connectivity index (χ0n) is 15.1. The Morgan fingerprint density at radius 1 is 1.27 bits per heavy atom. The number of amides is 1. The molecule has 1 fully saturated rings. The van der Waals surface area contributed by atoms with Crippen molar-refractivity contribution in [2.24, 2.45) is 0 Å². The summed E-state index contributed by atoms with van der Waals surface area (Å²) in [5.74, 6) is 1.89. The molecule has 1 amide bonds. The summed E-state index contributed by atoms with van der Waals surface area (Å²) < 4.78 is 11.2. The van der Waals surface area contributed by atoms with Crippen LogP contribution < -0.4 is 9.47 Å². The summed E-state index contributed by atoms with van der Waals surface area (Å²) in [6.07, 6.45) is 5.12. The van der Waals surface area contributed by atoms with E-state index in [-0.39, 0.29) is 11.8 Å². The van der Waals surface area contributed by atoms with E-state index in [1.165, 1.54) is 0 Å². The van der Waals surface area contributed by atoms with Crippen LogP contribution in [0.15, 0.2) is 48.8 Å². The summed E-state index contributed by atoms with van der Waals surface area (Å²) >= 11 is 0. The third-order valence-electron chi connectivity index (χ3n) is 4.41. The van der Waals surface area contributed by atoms with E-state index in [0.29, 0.717) is 29.5 Å². The zero-order valence-corrected chi connectivity index (χ0v) is 15.1. The predicted octanol–water partition coefficient (Wildman–Crippen LogP) is 3.56. The fourth-order valence-electron chi connectivity index (χ4n) is 3.13. The van der Waals surface area contributed by atoms with Crippen LogP contribution in [0.2, 0.25) is 0 Å². The van der Waals surface area contributed by atoms with Gasteiger partial charge < -0.3 is 14.4 Å². The quantitative estimate of drug-likeness (QED) is 0.769. The van der Waals surface area contributed by atoms with Gasteiger partial charge in [-0.2, -0.15) is 0 Å². The molecule has 1 atom stereocenters. The van der Waals surface area contributed by atoms with Crippen molar-refractivity contribution in [3.05, 3.63) is 54.5 Å². The molecule has 2 heterocycles. The van der Waals surface area contributed by atoms with Crippen LogP contribution in [-0.2, 0) is 4.79 Å². The molecule has 0 aliphatic carbocycles. The van der Waals surface area contributed by atoms with Crippen LogP contribution in [0.3, 0.4) is 0 Å². The lowest BCUT2D eigenvalue weighted by Crippen LogP contribution is -2.39. The smallest absolute Gasteiger partial charge is 0.248 e. The number of hydrogen-bond donors (Lipinski definition) is 0. The van der Waals surface area contributed by atoms with Crippen LogP contribution in [0.5, 0.6) is 17.4 Å². The summed E-state index contributed by atoms with van der Waals surface area (Å²) in [5.41, 5.74) is 1.33. The molecule has 1 aliphatic rings. The number of hydrogen-bond acceptors (Lipinski definition) is 5. The topological polar surface area (TPSA) is 64.6 Å². The van der Waals surface area contributed by atoms with E-state index in [4.69, 9.17) is 9.47 Å². The number of aromatic nitrogens is 2. The zero-order chi connectivity index (χ0) is 18.5. The number of carbonyl (C=O) groups excluding carboxylic acids is 1. The molecule has 26 heavy (non-hydrogen) atoms. The van der Waals surface area contributed by atoms with E-state index in [0.717, 1.165) is 25.1 Å². The first-order valence-corrected chi connectivity index (χ1v) is 8.66. The van der Waals surface area contributed by atoms with Gasteiger partial charge in [0.05, 0.1) is 7.11 Å². The predicted molar refractivity (Wildman–Crippen MR) is 98.5 cm³/mol. The number of likely N-dealkylation sites (tertiary alicyclic amines) is 1. The maximum absolute atomic E-state index is 12.3. The number of methoxy groups -OCH3 is 1. The van der Waals surface area contributed by atoms with Gasteiger partial charge in [-0.1, -0.05) is 12.6 Å². The molecule has 1 saturated heterocycles. The van der Waals surface area contributed by atoms with Gasteiger partial charge in [0.2, 0.25) is 11.8 Å². The van der Waals surface area contributed by atoms with Gasteiger partial charge in [0.15, 0.2) is 0 Å². The molecule has 0 saturated carbocycles. The third kappa shape index (κ3) is 4.02. The molecule has 1 aromatic heterocycles. The molecule has 0 spiro atoms. The Morgan fingerprint density at radius 2 is 2.04 bits per heavy atom. The standard InChI is InChI=1S/C20H23N3O3/c1-14(2)20(24)23-11-5-6-15(13-23)18-19(22-10-9-21-18)26-17-8-4-7-16(12-17)25-3/h4,7-10,12,15H,1,5-6,11,13H2,2-3H3. The number of rotatable bonds is 5. The molecule has 0 N–H and O–H groups in total. The highest BCUT2D eigenvalue weighted by molar-refractivity contribution is 5.92. The van der Waals surface area contributed by atoms with E-state index in [1.807, 2.05) is 23.1 Å². The minimum Gasteiger partial charge on any atom is -0.497 e. The van der Waals surface area contributed by atoms with Crippen LogP contribution in [0, 0.1) is 0 Å². The molecule has 1 unspecified atom stereocenters. The van der Waals surface area contributed by atoms with E-state index >= 15 is 0 Å². The fourth-order valence-corrected chi connectivity index (χ4v) is 3.13. The van der Waals surface area contributed by atoms with Crippen molar-refractivity contribution >= 4 is 5.91 Å². The van der Waals surface area contributed by atoms with Crippen molar-refractivity contribution in [3.8, 4) is 17.4 Å². The van der Waals surface area contributed by atoms with Crippen molar-refractivity contribution in [1.82, 2.24) is 14.9 Å². The summed E-state index contributed by atoms with van der Waals surface area (Å²) in [6, 6.07) is 7.36. The van der Waals surface area contributed by atoms with Crippen LogP contribution in [-0.4, -0.2) is 41.0 Å². The maximum Gasteiger partial charge on any atom is 0.248 e. The molecule has 1 aliphatic heterocycles. The minimum absolute atomic E-state index is 0.00569. The van der Waals surface area contributed by atoms with Crippen molar-refractivity contribution in [2.45, 2.75) is 25.7 Å². The summed E-state index contributed by atoms with van der Waals surface area (Å²) in [7, 11) is 1.61. The molecule has 0 radical (unpaired) electrons. The lowest BCUT2D eigenvalue weighted by Gasteiger charge is -2.32. The lowest BCUT2D eigenvalue weighted by atomic mass is 9.94. The van der Waals surface area contributed by atoms with Crippen molar-refractivity contribution < 1.29 is 14.3 Å². The highest BCUT2D eigenvalue weighted by Gasteiger charge is 2.28. The summed E-state index contributed by atoms with van der Waals surface area (Å²) in [6.45, 7) is 6.84. The molecule has 136 valence electrons. The van der Waals surface area contributed by atoms with Crippen LogP contribution in [0.1, 0.15) is 31.4 Å². The Labute approximate surface area is 153 Å². The van der Waals surface area contributed by atoms with Crippen LogP contribution in [0.25, 0.3) is 0 Å². The first-order valence-electron chi connectivity index (χ1n) is 8.66. The SMILES string of the molecule is C=C(C)C(=O)N1CCCC(c2nccnc2Oc2cccc(OC)c2)C1.